The standard InChI is InChI=1S/C14H18N6O2/c1-14(2,3)12(22)20-11(21)9-10(16-7-6-15-9)18-13(20)17-8-19(4)5/h6-8H,1-5H3. The smallest absolute Gasteiger partial charge is 0.290 e. The molecule has 2 rings (SSSR count). The van der Waals surface area contributed by atoms with E-state index in [0.29, 0.717) is 0 Å². The zero-order chi connectivity index (χ0) is 16.5. The fraction of sp³-hybridized carbons (Fsp3) is 0.429. The number of nitrogens with zero attached hydrogens (tertiary/aromatic N) is 6. The number of aliphatic imine (C=N–C) groups is 1. The van der Waals surface area contributed by atoms with Gasteiger partial charge in [0.25, 0.3) is 5.56 Å². The maximum Gasteiger partial charge on any atom is 0.290 e. The van der Waals surface area contributed by atoms with Crippen molar-refractivity contribution in [1.29, 1.82) is 0 Å². The summed E-state index contributed by atoms with van der Waals surface area (Å²) in [6.45, 7) is 5.17. The highest BCUT2D eigenvalue weighted by Gasteiger charge is 2.28. The molecule has 0 radical (unpaired) electrons. The molecule has 0 saturated heterocycles. The van der Waals surface area contributed by atoms with Gasteiger partial charge in [-0.25, -0.2) is 19.5 Å². The van der Waals surface area contributed by atoms with Gasteiger partial charge in [-0.1, -0.05) is 20.8 Å². The van der Waals surface area contributed by atoms with Gasteiger partial charge in [-0.15, -0.1) is 0 Å². The van der Waals surface area contributed by atoms with Gasteiger partial charge in [0, 0.05) is 31.9 Å². The maximum absolute atomic E-state index is 12.6. The second-order valence-corrected chi connectivity index (χ2v) is 6.04. The molecule has 2 aromatic rings. The Balaban J connectivity index is 2.80. The summed E-state index contributed by atoms with van der Waals surface area (Å²) in [7, 11) is 3.55. The largest absolute Gasteiger partial charge is 0.369 e. The first-order chi connectivity index (χ1) is 10.2. The van der Waals surface area contributed by atoms with E-state index in [1.54, 1.807) is 39.8 Å². The average molecular weight is 302 g/mol. The molecular formula is C14H18N6O2. The van der Waals surface area contributed by atoms with E-state index in [-0.39, 0.29) is 17.1 Å². The monoisotopic (exact) mass is 302 g/mol. The number of aromatic nitrogens is 4. The lowest BCUT2D eigenvalue weighted by Gasteiger charge is -2.18. The lowest BCUT2D eigenvalue weighted by atomic mass is 9.95. The second-order valence-electron chi connectivity index (χ2n) is 6.04. The first-order valence-electron chi connectivity index (χ1n) is 6.71. The van der Waals surface area contributed by atoms with Crippen LogP contribution < -0.4 is 5.56 Å². The molecule has 2 aromatic heterocycles. The fourth-order valence-electron chi connectivity index (χ4n) is 1.68. The zero-order valence-electron chi connectivity index (χ0n) is 13.2. The van der Waals surface area contributed by atoms with Crippen LogP contribution in [0.5, 0.6) is 0 Å². The number of carbonyl (C=O) groups is 1. The van der Waals surface area contributed by atoms with Crippen LogP contribution in [0, 0.1) is 5.41 Å². The molecule has 0 saturated carbocycles. The lowest BCUT2D eigenvalue weighted by Crippen LogP contribution is -2.36. The summed E-state index contributed by atoms with van der Waals surface area (Å²) < 4.78 is 0.955. The van der Waals surface area contributed by atoms with Crippen molar-refractivity contribution in [3.63, 3.8) is 0 Å². The van der Waals surface area contributed by atoms with Crippen LogP contribution in [0.1, 0.15) is 25.6 Å². The molecule has 0 aromatic carbocycles. The lowest BCUT2D eigenvalue weighted by molar-refractivity contribution is 0.0763. The Morgan fingerprint density at radius 3 is 2.50 bits per heavy atom. The molecule has 0 fully saturated rings. The second kappa shape index (κ2) is 5.63. The highest BCUT2D eigenvalue weighted by molar-refractivity contribution is 5.88. The summed E-state index contributed by atoms with van der Waals surface area (Å²) in [5, 5.41) is 0. The molecule has 0 aliphatic carbocycles. The molecule has 0 amide bonds. The predicted octanol–water partition coefficient (Wildman–Crippen LogP) is 1.09. The van der Waals surface area contributed by atoms with Crippen molar-refractivity contribution in [3.8, 4) is 0 Å². The molecule has 0 atom stereocenters. The quantitative estimate of drug-likeness (QED) is 0.609. The molecule has 2 heterocycles. The van der Waals surface area contributed by atoms with Gasteiger partial charge in [-0.3, -0.25) is 9.59 Å². The number of carbonyl (C=O) groups excluding carboxylic acids is 1. The molecular weight excluding hydrogens is 284 g/mol. The summed E-state index contributed by atoms with van der Waals surface area (Å²) in [5.41, 5.74) is -1.12. The van der Waals surface area contributed by atoms with Crippen LogP contribution in [-0.4, -0.2) is 50.8 Å². The van der Waals surface area contributed by atoms with Crippen LogP contribution in [0.15, 0.2) is 22.2 Å². The summed E-state index contributed by atoms with van der Waals surface area (Å²) in [5.74, 6) is -0.407. The SMILES string of the molecule is CN(C)C=Nc1nc2nccnc2c(=O)n1C(=O)C(C)(C)C. The van der Waals surface area contributed by atoms with E-state index in [1.807, 2.05) is 0 Å². The minimum Gasteiger partial charge on any atom is -0.369 e. The summed E-state index contributed by atoms with van der Waals surface area (Å²) in [6, 6.07) is 0. The summed E-state index contributed by atoms with van der Waals surface area (Å²) >= 11 is 0. The van der Waals surface area contributed by atoms with Crippen molar-refractivity contribution >= 4 is 29.4 Å². The number of rotatable bonds is 2. The van der Waals surface area contributed by atoms with E-state index >= 15 is 0 Å². The van der Waals surface area contributed by atoms with Crippen molar-refractivity contribution < 1.29 is 4.79 Å². The average Bonchev–Trinajstić information content (AvgIpc) is 2.43. The molecule has 116 valence electrons. The van der Waals surface area contributed by atoms with Crippen LogP contribution in [0.3, 0.4) is 0 Å². The molecule has 22 heavy (non-hydrogen) atoms. The van der Waals surface area contributed by atoms with E-state index < -0.39 is 16.9 Å². The van der Waals surface area contributed by atoms with Gasteiger partial charge >= 0.3 is 0 Å². The van der Waals surface area contributed by atoms with Gasteiger partial charge in [-0.2, -0.15) is 4.98 Å². The molecule has 8 heteroatoms. The third-order valence-electron chi connectivity index (χ3n) is 2.74. The molecule has 0 aliphatic rings. The van der Waals surface area contributed by atoms with E-state index in [0.717, 1.165) is 4.57 Å². The normalized spacial score (nSPS) is 12.0. The highest BCUT2D eigenvalue weighted by atomic mass is 16.2. The fourth-order valence-corrected chi connectivity index (χ4v) is 1.68. The van der Waals surface area contributed by atoms with Gasteiger partial charge in [0.1, 0.15) is 0 Å². The van der Waals surface area contributed by atoms with Crippen LogP contribution in [-0.2, 0) is 0 Å². The van der Waals surface area contributed by atoms with Crippen LogP contribution in [0.25, 0.3) is 11.2 Å². The number of fused-ring (bicyclic) bond motifs is 1. The predicted molar refractivity (Wildman–Crippen MR) is 83.5 cm³/mol. The minimum atomic E-state index is -0.760. The Kier molecular flexibility index (Phi) is 4.03. The van der Waals surface area contributed by atoms with Crippen molar-refractivity contribution in [1.82, 2.24) is 24.4 Å². The molecule has 8 nitrogen and oxygen atoms in total. The number of hydrogen-bond donors (Lipinski definition) is 0. The Morgan fingerprint density at radius 1 is 1.27 bits per heavy atom. The van der Waals surface area contributed by atoms with Crippen LogP contribution in [0.4, 0.5) is 5.95 Å². The highest BCUT2D eigenvalue weighted by Crippen LogP contribution is 2.19. The third-order valence-corrected chi connectivity index (χ3v) is 2.74. The molecule has 0 bridgehead atoms. The van der Waals surface area contributed by atoms with E-state index in [9.17, 15) is 9.59 Å². The molecule has 0 aliphatic heterocycles. The topological polar surface area (TPSA) is 93.3 Å². The minimum absolute atomic E-state index is 0.00775. The maximum atomic E-state index is 12.6. The van der Waals surface area contributed by atoms with Crippen molar-refractivity contribution in [3.05, 3.63) is 22.7 Å². The van der Waals surface area contributed by atoms with Gasteiger partial charge in [-0.05, 0) is 0 Å². The van der Waals surface area contributed by atoms with Crippen molar-refractivity contribution in [2.45, 2.75) is 20.8 Å². The van der Waals surface area contributed by atoms with Gasteiger partial charge in [0.05, 0.1) is 6.34 Å². The van der Waals surface area contributed by atoms with Gasteiger partial charge < -0.3 is 4.90 Å². The van der Waals surface area contributed by atoms with E-state index in [4.69, 9.17) is 0 Å². The van der Waals surface area contributed by atoms with E-state index in [2.05, 4.69) is 19.9 Å². The van der Waals surface area contributed by atoms with Gasteiger partial charge in [0.2, 0.25) is 11.9 Å². The molecule has 0 unspecified atom stereocenters. The Morgan fingerprint density at radius 2 is 1.91 bits per heavy atom. The Hall–Kier alpha value is -2.64. The first-order valence-corrected chi connectivity index (χ1v) is 6.71. The Labute approximate surface area is 127 Å². The summed E-state index contributed by atoms with van der Waals surface area (Å²) in [4.78, 5) is 43.1. The van der Waals surface area contributed by atoms with Crippen LogP contribution in [0.2, 0.25) is 0 Å². The van der Waals surface area contributed by atoms with Crippen molar-refractivity contribution in [2.24, 2.45) is 10.4 Å². The van der Waals surface area contributed by atoms with Crippen LogP contribution >= 0.6 is 0 Å². The Bertz CT molecular complexity index is 801. The molecule has 0 spiro atoms. The van der Waals surface area contributed by atoms with Crippen molar-refractivity contribution in [2.75, 3.05) is 14.1 Å². The zero-order valence-corrected chi connectivity index (χ0v) is 13.2. The first kappa shape index (κ1) is 15.7. The third kappa shape index (κ3) is 3.00. The summed E-state index contributed by atoms with van der Waals surface area (Å²) in [6.07, 6.45) is 4.29. The number of hydrogen-bond acceptors (Lipinski definition) is 6. The van der Waals surface area contributed by atoms with Gasteiger partial charge in [0.15, 0.2) is 11.2 Å². The van der Waals surface area contributed by atoms with E-state index in [1.165, 1.54) is 18.7 Å². The molecule has 0 N–H and O–H groups in total.